The van der Waals surface area contributed by atoms with E-state index in [1.165, 1.54) is 11.8 Å². The van der Waals surface area contributed by atoms with Gasteiger partial charge in [-0.1, -0.05) is 42.1 Å². The van der Waals surface area contributed by atoms with E-state index in [4.69, 9.17) is 0 Å². The van der Waals surface area contributed by atoms with Gasteiger partial charge in [-0.15, -0.1) is 10.2 Å². The number of imidazole rings is 1. The highest BCUT2D eigenvalue weighted by Gasteiger charge is 2.17. The number of hydrogen-bond donors (Lipinski definition) is 1. The third kappa shape index (κ3) is 3.48. The number of nitriles is 1. The van der Waals surface area contributed by atoms with Crippen molar-refractivity contribution in [2.24, 2.45) is 7.05 Å². The van der Waals surface area contributed by atoms with Crippen molar-refractivity contribution >= 4 is 28.4 Å². The van der Waals surface area contributed by atoms with Crippen LogP contribution in [-0.2, 0) is 7.05 Å². The van der Waals surface area contributed by atoms with Crippen LogP contribution in [0.1, 0.15) is 11.4 Å². The summed E-state index contributed by atoms with van der Waals surface area (Å²) >= 11 is 1.31. The maximum Gasteiger partial charge on any atom is 0.196 e. The Bertz CT molecular complexity index is 1260. The van der Waals surface area contributed by atoms with Crippen molar-refractivity contribution in [2.45, 2.75) is 12.1 Å². The predicted octanol–water partition coefficient (Wildman–Crippen LogP) is 4.05. The molecular formula is C21H18N6OS. The molecule has 29 heavy (non-hydrogen) atoms. The van der Waals surface area contributed by atoms with Crippen LogP contribution in [0.25, 0.3) is 22.3 Å². The second kappa shape index (κ2) is 7.81. The smallest absolute Gasteiger partial charge is 0.196 e. The van der Waals surface area contributed by atoms with Crippen LogP contribution in [0.2, 0.25) is 0 Å². The minimum Gasteiger partial charge on any atom is -0.510 e. The van der Waals surface area contributed by atoms with Gasteiger partial charge in [-0.2, -0.15) is 5.26 Å². The first-order valence-corrected chi connectivity index (χ1v) is 9.91. The number of para-hydroxylation sites is 3. The lowest BCUT2D eigenvalue weighted by molar-refractivity contribution is 0.420. The van der Waals surface area contributed by atoms with Gasteiger partial charge in [0, 0.05) is 7.05 Å². The third-order valence-corrected chi connectivity index (χ3v) is 5.59. The van der Waals surface area contributed by atoms with E-state index in [-0.39, 0.29) is 17.1 Å². The molecule has 2 aromatic carbocycles. The Morgan fingerprint density at radius 3 is 2.69 bits per heavy atom. The Labute approximate surface area is 172 Å². The molecule has 0 saturated heterocycles. The third-order valence-electron chi connectivity index (χ3n) is 4.64. The summed E-state index contributed by atoms with van der Waals surface area (Å²) in [5.74, 6) is 0.568. The Kier molecular flexibility index (Phi) is 5.06. The van der Waals surface area contributed by atoms with Crippen LogP contribution < -0.4 is 0 Å². The van der Waals surface area contributed by atoms with Gasteiger partial charge in [0.1, 0.15) is 23.7 Å². The summed E-state index contributed by atoms with van der Waals surface area (Å²) in [6, 6.07) is 17.6. The average molecular weight is 402 g/mol. The summed E-state index contributed by atoms with van der Waals surface area (Å²) in [7, 11) is 1.83. The molecule has 7 nitrogen and oxygen atoms in total. The number of fused-ring (bicyclic) bond motifs is 1. The van der Waals surface area contributed by atoms with Gasteiger partial charge in [-0.05, 0) is 30.7 Å². The molecular weight excluding hydrogens is 384 g/mol. The summed E-state index contributed by atoms with van der Waals surface area (Å²) in [5.41, 5.74) is 3.89. The van der Waals surface area contributed by atoms with Crippen molar-refractivity contribution < 1.29 is 5.11 Å². The highest BCUT2D eigenvalue weighted by atomic mass is 32.2. The van der Waals surface area contributed by atoms with Crippen molar-refractivity contribution in [3.8, 4) is 11.8 Å². The van der Waals surface area contributed by atoms with Gasteiger partial charge >= 0.3 is 0 Å². The Hall–Kier alpha value is -3.57. The van der Waals surface area contributed by atoms with Crippen LogP contribution in [0.15, 0.2) is 65.8 Å². The molecule has 0 atom stereocenters. The van der Waals surface area contributed by atoms with Crippen molar-refractivity contribution in [3.05, 3.63) is 72.0 Å². The standard InChI is InChI=1S/C21H18N6OS/c1-14-7-3-5-9-17(14)27-13-23-25-21(27)29-12-19(28)15(11-22)20-24-16-8-4-6-10-18(16)26(20)2/h3-10,13,28H,12H2,1-2H3/b19-15+. The minimum atomic E-state index is -0.0461. The van der Waals surface area contributed by atoms with E-state index in [2.05, 4.69) is 21.3 Å². The van der Waals surface area contributed by atoms with Gasteiger partial charge in [-0.3, -0.25) is 4.57 Å². The average Bonchev–Trinajstić information content (AvgIpc) is 3.33. The fourth-order valence-corrected chi connectivity index (χ4v) is 3.94. The fraction of sp³-hybridized carbons (Fsp3) is 0.143. The number of allylic oxidation sites excluding steroid dienone is 1. The minimum absolute atomic E-state index is 0.0461. The molecule has 1 N–H and O–H groups in total. The molecule has 0 aliphatic rings. The maximum absolute atomic E-state index is 10.7. The van der Waals surface area contributed by atoms with Crippen LogP contribution in [0, 0.1) is 18.3 Å². The number of aliphatic hydroxyl groups is 1. The molecule has 0 aliphatic heterocycles. The summed E-state index contributed by atoms with van der Waals surface area (Å²) in [5, 5.41) is 29.1. The number of aliphatic hydroxyl groups excluding tert-OH is 1. The van der Waals surface area contributed by atoms with Crippen LogP contribution >= 0.6 is 11.8 Å². The largest absolute Gasteiger partial charge is 0.510 e. The highest BCUT2D eigenvalue weighted by molar-refractivity contribution is 7.99. The lowest BCUT2D eigenvalue weighted by Crippen LogP contribution is -2.02. The Balaban J connectivity index is 1.64. The molecule has 2 aromatic heterocycles. The van der Waals surface area contributed by atoms with Crippen molar-refractivity contribution in [1.82, 2.24) is 24.3 Å². The van der Waals surface area contributed by atoms with Gasteiger partial charge in [-0.25, -0.2) is 4.98 Å². The molecule has 0 fully saturated rings. The van der Waals surface area contributed by atoms with Gasteiger partial charge in [0.05, 0.1) is 22.5 Å². The molecule has 0 radical (unpaired) electrons. The molecule has 0 spiro atoms. The number of hydrogen-bond acceptors (Lipinski definition) is 6. The molecule has 2 heterocycles. The Morgan fingerprint density at radius 2 is 1.93 bits per heavy atom. The molecule has 144 valence electrons. The van der Waals surface area contributed by atoms with Crippen LogP contribution in [0.3, 0.4) is 0 Å². The lowest BCUT2D eigenvalue weighted by atomic mass is 10.2. The zero-order valence-electron chi connectivity index (χ0n) is 15.9. The number of aromatic nitrogens is 5. The van der Waals surface area contributed by atoms with E-state index in [0.29, 0.717) is 11.0 Å². The summed E-state index contributed by atoms with van der Waals surface area (Å²) in [4.78, 5) is 4.51. The van der Waals surface area contributed by atoms with E-state index in [9.17, 15) is 10.4 Å². The van der Waals surface area contributed by atoms with Crippen molar-refractivity contribution in [3.63, 3.8) is 0 Å². The van der Waals surface area contributed by atoms with E-state index in [1.54, 1.807) is 6.33 Å². The van der Waals surface area contributed by atoms with Gasteiger partial charge in [0.15, 0.2) is 11.0 Å². The second-order valence-electron chi connectivity index (χ2n) is 6.48. The van der Waals surface area contributed by atoms with Crippen LogP contribution in [0.4, 0.5) is 0 Å². The SMILES string of the molecule is Cc1ccccc1-n1cnnc1SC/C(O)=C(/C#N)c1nc2ccccc2n1C. The van der Waals surface area contributed by atoms with Crippen molar-refractivity contribution in [1.29, 1.82) is 5.26 Å². The predicted molar refractivity (Wildman–Crippen MR) is 113 cm³/mol. The van der Waals surface area contributed by atoms with E-state index in [0.717, 1.165) is 22.3 Å². The molecule has 4 aromatic rings. The molecule has 0 amide bonds. The molecule has 8 heteroatoms. The maximum atomic E-state index is 10.7. The number of aryl methyl sites for hydroxylation is 2. The highest BCUT2D eigenvalue weighted by Crippen LogP contribution is 2.27. The van der Waals surface area contributed by atoms with Gasteiger partial charge < -0.3 is 9.67 Å². The van der Waals surface area contributed by atoms with Crippen molar-refractivity contribution in [2.75, 3.05) is 5.75 Å². The molecule has 4 rings (SSSR count). The first-order valence-electron chi connectivity index (χ1n) is 8.93. The number of nitrogens with zero attached hydrogens (tertiary/aromatic N) is 6. The van der Waals surface area contributed by atoms with Gasteiger partial charge in [0.2, 0.25) is 0 Å². The zero-order chi connectivity index (χ0) is 20.4. The van der Waals surface area contributed by atoms with Crippen LogP contribution in [-0.4, -0.2) is 35.2 Å². The molecule has 0 bridgehead atoms. The monoisotopic (exact) mass is 402 g/mol. The van der Waals surface area contributed by atoms with E-state index < -0.39 is 0 Å². The number of rotatable bonds is 5. The van der Waals surface area contributed by atoms with E-state index >= 15 is 0 Å². The molecule has 0 unspecified atom stereocenters. The molecule has 0 saturated carbocycles. The number of thioether (sulfide) groups is 1. The fourth-order valence-electron chi connectivity index (χ4n) is 3.14. The number of benzene rings is 2. The quantitative estimate of drug-likeness (QED) is 0.308. The van der Waals surface area contributed by atoms with Crippen LogP contribution in [0.5, 0.6) is 0 Å². The lowest BCUT2D eigenvalue weighted by Gasteiger charge is -2.09. The molecule has 0 aliphatic carbocycles. The summed E-state index contributed by atoms with van der Waals surface area (Å²) < 4.78 is 3.68. The normalized spacial score (nSPS) is 12.0. The zero-order valence-corrected chi connectivity index (χ0v) is 16.8. The Morgan fingerprint density at radius 1 is 1.17 bits per heavy atom. The second-order valence-corrected chi connectivity index (χ2v) is 7.42. The summed E-state index contributed by atoms with van der Waals surface area (Å²) in [6.45, 7) is 2.01. The topological polar surface area (TPSA) is 92.5 Å². The van der Waals surface area contributed by atoms with Gasteiger partial charge in [0.25, 0.3) is 0 Å². The summed E-state index contributed by atoms with van der Waals surface area (Å²) in [6.07, 6.45) is 1.64. The van der Waals surface area contributed by atoms with E-state index in [1.807, 2.05) is 71.6 Å². The first-order chi connectivity index (χ1) is 14.1. The first kappa shape index (κ1) is 18.8.